The van der Waals surface area contributed by atoms with E-state index in [1.54, 1.807) is 17.7 Å². The van der Waals surface area contributed by atoms with Crippen molar-refractivity contribution in [3.63, 3.8) is 0 Å². The van der Waals surface area contributed by atoms with Crippen LogP contribution in [0.3, 0.4) is 0 Å². The van der Waals surface area contributed by atoms with E-state index in [2.05, 4.69) is 4.98 Å². The second-order valence-electron chi connectivity index (χ2n) is 8.35. The normalized spacial score (nSPS) is 15.1. The highest BCUT2D eigenvalue weighted by Gasteiger charge is 2.21. The fourth-order valence-electron chi connectivity index (χ4n) is 3.97. The average molecular weight is 481 g/mol. The molecule has 1 saturated carbocycles. The van der Waals surface area contributed by atoms with E-state index >= 15 is 0 Å². The number of aryl methyl sites for hydroxylation is 1. The Morgan fingerprint density at radius 3 is 2.75 bits per heavy atom. The molecule has 3 rings (SSSR count). The van der Waals surface area contributed by atoms with Gasteiger partial charge in [0.05, 0.1) is 24.4 Å². The van der Waals surface area contributed by atoms with Gasteiger partial charge in [-0.3, -0.25) is 13.3 Å². The van der Waals surface area contributed by atoms with E-state index in [0.29, 0.717) is 29.7 Å². The molecule has 9 heteroatoms. The molecule has 1 fully saturated rings. The second-order valence-corrected chi connectivity index (χ2v) is 9.63. The molecule has 1 aromatic heterocycles. The minimum atomic E-state index is -2.63. The third-order valence-electron chi connectivity index (χ3n) is 5.89. The Balaban J connectivity index is 1.66. The monoisotopic (exact) mass is 480 g/mol. The Bertz CT molecular complexity index is 943. The predicted molar refractivity (Wildman–Crippen MR) is 124 cm³/mol. The summed E-state index contributed by atoms with van der Waals surface area (Å²) in [4.78, 5) is 17.0. The van der Waals surface area contributed by atoms with Gasteiger partial charge in [-0.2, -0.15) is 0 Å². The lowest BCUT2D eigenvalue weighted by Crippen LogP contribution is -2.33. The minimum absolute atomic E-state index is 0.107. The summed E-state index contributed by atoms with van der Waals surface area (Å²) in [5.74, 6) is 1.38. The molecule has 0 bridgehead atoms. The lowest BCUT2D eigenvalue weighted by atomic mass is 10.1. The maximum atomic E-state index is 12.7. The summed E-state index contributed by atoms with van der Waals surface area (Å²) in [7, 11) is 0. The third kappa shape index (κ3) is 6.56. The summed E-state index contributed by atoms with van der Waals surface area (Å²) in [6.07, 6.45) is 9.01. The molecule has 1 amide bonds. The van der Waals surface area contributed by atoms with Gasteiger partial charge >= 0.3 is 0 Å². The number of halogens is 1. The van der Waals surface area contributed by atoms with Crippen molar-refractivity contribution in [3.05, 3.63) is 46.5 Å². The average Bonchev–Trinajstić information content (AvgIpc) is 3.41. The summed E-state index contributed by atoms with van der Waals surface area (Å²) in [6, 6.07) is 5.64. The van der Waals surface area contributed by atoms with Gasteiger partial charge in [-0.05, 0) is 49.8 Å². The van der Waals surface area contributed by atoms with Crippen LogP contribution in [0.4, 0.5) is 0 Å². The largest absolute Gasteiger partial charge is 0.755 e. The molecule has 0 aliphatic heterocycles. The molecule has 1 aromatic carbocycles. The Labute approximate surface area is 197 Å². The van der Waals surface area contributed by atoms with Crippen LogP contribution in [-0.4, -0.2) is 41.7 Å². The van der Waals surface area contributed by atoms with Crippen LogP contribution in [-0.2, 0) is 17.8 Å². The van der Waals surface area contributed by atoms with Gasteiger partial charge in [0.1, 0.15) is 17.3 Å². The van der Waals surface area contributed by atoms with Gasteiger partial charge in [0.15, 0.2) is 0 Å². The predicted octanol–water partition coefficient (Wildman–Crippen LogP) is 4.89. The number of ether oxygens (including phenoxy) is 1. The molecule has 0 saturated heterocycles. The summed E-state index contributed by atoms with van der Waals surface area (Å²) >= 11 is 3.86. The van der Waals surface area contributed by atoms with Gasteiger partial charge in [0.25, 0.3) is 5.91 Å². The minimum Gasteiger partial charge on any atom is -0.755 e. The van der Waals surface area contributed by atoms with Crippen LogP contribution in [0.2, 0.25) is 5.02 Å². The molecule has 7 nitrogen and oxygen atoms in total. The van der Waals surface area contributed by atoms with Crippen molar-refractivity contribution in [1.82, 2.24) is 13.9 Å². The molecule has 1 unspecified atom stereocenters. The molecular formula is C23H31ClN3O4S-. The number of rotatable bonds is 11. The number of carbonyl (C=O) groups excluding carboxylic acids is 1. The van der Waals surface area contributed by atoms with E-state index in [1.165, 1.54) is 25.7 Å². The highest BCUT2D eigenvalue weighted by Crippen LogP contribution is 2.28. The van der Waals surface area contributed by atoms with E-state index in [0.717, 1.165) is 35.1 Å². The number of benzene rings is 1. The van der Waals surface area contributed by atoms with Crippen LogP contribution in [0.1, 0.15) is 73.7 Å². The highest BCUT2D eigenvalue weighted by atomic mass is 35.5. The molecular weight excluding hydrogens is 450 g/mol. The summed E-state index contributed by atoms with van der Waals surface area (Å²) in [6.45, 7) is 5.09. The first-order valence-electron chi connectivity index (χ1n) is 11.2. The highest BCUT2D eigenvalue weighted by molar-refractivity contribution is 7.77. The SMILES string of the molecule is CCCCCN(C(=O)c1cn(Cc2ccc(OCC3CCCC3)cc2Cl)c(C)n1)S(=O)[O-]. The summed E-state index contributed by atoms with van der Waals surface area (Å²) in [5.41, 5.74) is 0.974. The topological polar surface area (TPSA) is 87.5 Å². The van der Waals surface area contributed by atoms with E-state index in [9.17, 15) is 13.6 Å². The van der Waals surface area contributed by atoms with E-state index in [-0.39, 0.29) is 12.2 Å². The van der Waals surface area contributed by atoms with Crippen LogP contribution in [0.25, 0.3) is 0 Å². The van der Waals surface area contributed by atoms with Gasteiger partial charge in [-0.15, -0.1) is 0 Å². The number of imidazole rings is 1. The number of hydrogen-bond donors (Lipinski definition) is 0. The number of nitrogens with zero attached hydrogens (tertiary/aromatic N) is 3. The zero-order valence-corrected chi connectivity index (χ0v) is 20.3. The van der Waals surface area contributed by atoms with Crippen molar-refractivity contribution < 1.29 is 18.3 Å². The third-order valence-corrected chi connectivity index (χ3v) is 6.95. The number of carbonyl (C=O) groups is 1. The molecule has 176 valence electrons. The Morgan fingerprint density at radius 1 is 1.34 bits per heavy atom. The van der Waals surface area contributed by atoms with E-state index in [4.69, 9.17) is 16.3 Å². The van der Waals surface area contributed by atoms with Crippen molar-refractivity contribution >= 4 is 28.8 Å². The number of unbranched alkanes of at least 4 members (excludes halogenated alkanes) is 2. The summed E-state index contributed by atoms with van der Waals surface area (Å²) in [5, 5.41) is 0.580. The maximum Gasteiger partial charge on any atom is 0.284 e. The second kappa shape index (κ2) is 11.8. The zero-order valence-electron chi connectivity index (χ0n) is 18.7. The number of amides is 1. The van der Waals surface area contributed by atoms with Crippen LogP contribution < -0.4 is 4.74 Å². The molecule has 2 aromatic rings. The first-order chi connectivity index (χ1) is 15.4. The fourth-order valence-corrected chi connectivity index (χ4v) is 4.71. The smallest absolute Gasteiger partial charge is 0.284 e. The van der Waals surface area contributed by atoms with Gasteiger partial charge < -0.3 is 13.9 Å². The van der Waals surface area contributed by atoms with Crippen LogP contribution in [0.15, 0.2) is 24.4 Å². The Morgan fingerprint density at radius 2 is 2.09 bits per heavy atom. The summed E-state index contributed by atoms with van der Waals surface area (Å²) < 4.78 is 31.6. The van der Waals surface area contributed by atoms with E-state index in [1.807, 2.05) is 25.1 Å². The van der Waals surface area contributed by atoms with Crippen LogP contribution in [0.5, 0.6) is 5.75 Å². The van der Waals surface area contributed by atoms with Crippen molar-refractivity contribution in [2.75, 3.05) is 13.2 Å². The first kappa shape index (κ1) is 24.7. The number of hydrogen-bond acceptors (Lipinski definition) is 5. The van der Waals surface area contributed by atoms with E-state index < -0.39 is 17.2 Å². The van der Waals surface area contributed by atoms with Gasteiger partial charge in [-0.25, -0.2) is 4.98 Å². The molecule has 0 radical (unpaired) electrons. The fraction of sp³-hybridized carbons (Fsp3) is 0.565. The standard InChI is InChI=1S/C23H32ClN3O4S/c1-3-4-7-12-27(32(29)30)23(28)22-15-26(17(2)25-22)14-19-10-11-20(13-21(19)24)31-16-18-8-5-6-9-18/h10-11,13,15,18H,3-9,12,14,16H2,1-2H3,(H,29,30)/p-1. The maximum absolute atomic E-state index is 12.7. The van der Waals surface area contributed by atoms with Crippen LogP contribution >= 0.6 is 11.6 Å². The van der Waals surface area contributed by atoms with Gasteiger partial charge in [0.2, 0.25) is 0 Å². The molecule has 1 heterocycles. The van der Waals surface area contributed by atoms with Gasteiger partial charge in [0, 0.05) is 17.8 Å². The van der Waals surface area contributed by atoms with Crippen molar-refractivity contribution in [1.29, 1.82) is 0 Å². The Kier molecular flexibility index (Phi) is 9.13. The molecule has 1 aliphatic carbocycles. The van der Waals surface area contributed by atoms with Crippen molar-refractivity contribution in [2.45, 2.75) is 65.3 Å². The molecule has 32 heavy (non-hydrogen) atoms. The molecule has 1 aliphatic rings. The first-order valence-corrected chi connectivity index (χ1v) is 12.7. The zero-order chi connectivity index (χ0) is 23.1. The number of aromatic nitrogens is 2. The van der Waals surface area contributed by atoms with Crippen LogP contribution in [0, 0.1) is 12.8 Å². The van der Waals surface area contributed by atoms with Crippen molar-refractivity contribution in [3.8, 4) is 5.75 Å². The quantitative estimate of drug-likeness (QED) is 0.337. The molecule has 1 atom stereocenters. The lowest BCUT2D eigenvalue weighted by molar-refractivity contribution is 0.0852. The van der Waals surface area contributed by atoms with Gasteiger partial charge in [-0.1, -0.05) is 50.3 Å². The lowest BCUT2D eigenvalue weighted by Gasteiger charge is -2.23. The van der Waals surface area contributed by atoms with Crippen molar-refractivity contribution in [2.24, 2.45) is 5.92 Å². The molecule has 0 N–H and O–H groups in total. The molecule has 0 spiro atoms. The Hall–Kier alpha value is -1.90.